The molecule has 3 nitrogen and oxygen atoms in total. The molecule has 3 rings (SSSR count). The second-order valence-corrected chi connectivity index (χ2v) is 7.57. The van der Waals surface area contributed by atoms with Crippen LogP contribution in [0.25, 0.3) is 0 Å². The first-order chi connectivity index (χ1) is 8.64. The van der Waals surface area contributed by atoms with Gasteiger partial charge in [0.15, 0.2) is 0 Å². The lowest BCUT2D eigenvalue weighted by atomic mass is 9.51. The second kappa shape index (κ2) is 4.32. The lowest BCUT2D eigenvalue weighted by molar-refractivity contribution is -0.194. The molecule has 0 atom stereocenters. The lowest BCUT2D eigenvalue weighted by Gasteiger charge is -2.57. The molecule has 1 aliphatic carbocycles. The maximum absolute atomic E-state index is 12.3. The average Bonchev–Trinajstić information content (AvgIpc) is 2.66. The number of carbonyl (C=O) groups is 1. The summed E-state index contributed by atoms with van der Waals surface area (Å²) >= 11 is 5.20. The molecule has 0 N–H and O–H groups in total. The van der Waals surface area contributed by atoms with Gasteiger partial charge in [-0.1, -0.05) is 6.42 Å². The predicted molar refractivity (Wildman–Crippen MR) is 72.8 cm³/mol. The van der Waals surface area contributed by atoms with Gasteiger partial charge in [-0.2, -0.15) is 0 Å². The molecule has 0 unspecified atom stereocenters. The van der Waals surface area contributed by atoms with Crippen molar-refractivity contribution in [3.63, 3.8) is 0 Å². The third kappa shape index (κ3) is 1.47. The first kappa shape index (κ1) is 12.6. The summed E-state index contributed by atoms with van der Waals surface area (Å²) < 4.78 is 11.6. The summed E-state index contributed by atoms with van der Waals surface area (Å²) in [7, 11) is 1.49. The van der Waals surface area contributed by atoms with Gasteiger partial charge in [0.1, 0.15) is 0 Å². The Labute approximate surface area is 119 Å². The van der Waals surface area contributed by atoms with Gasteiger partial charge in [0, 0.05) is 4.88 Å². The molecule has 1 saturated carbocycles. The molecule has 0 bridgehead atoms. The van der Waals surface area contributed by atoms with Crippen molar-refractivity contribution in [3.8, 4) is 0 Å². The summed E-state index contributed by atoms with van der Waals surface area (Å²) in [6.07, 6.45) is 2.93. The Morgan fingerprint density at radius 1 is 1.44 bits per heavy atom. The molecule has 1 aromatic heterocycles. The lowest BCUT2D eigenvalue weighted by Crippen LogP contribution is -2.64. The van der Waals surface area contributed by atoms with E-state index in [-0.39, 0.29) is 16.8 Å². The number of rotatable bonds is 3. The van der Waals surface area contributed by atoms with Crippen LogP contribution in [0.5, 0.6) is 0 Å². The van der Waals surface area contributed by atoms with Crippen molar-refractivity contribution < 1.29 is 14.3 Å². The highest BCUT2D eigenvalue weighted by atomic mass is 79.9. The largest absolute Gasteiger partial charge is 0.469 e. The number of hydrogen-bond acceptors (Lipinski definition) is 4. The predicted octanol–water partition coefficient (Wildman–Crippen LogP) is 3.12. The minimum absolute atomic E-state index is 0.0680. The van der Waals surface area contributed by atoms with Crippen LogP contribution in [0.2, 0.25) is 0 Å². The number of ether oxygens (including phenoxy) is 2. The van der Waals surface area contributed by atoms with Gasteiger partial charge < -0.3 is 9.47 Å². The molecule has 0 amide bonds. The third-order valence-electron chi connectivity index (χ3n) is 4.44. The van der Waals surface area contributed by atoms with Crippen LogP contribution in [-0.4, -0.2) is 26.3 Å². The van der Waals surface area contributed by atoms with Crippen LogP contribution in [0, 0.1) is 5.41 Å². The molecule has 0 radical (unpaired) electrons. The van der Waals surface area contributed by atoms with Gasteiger partial charge in [0.25, 0.3) is 0 Å². The van der Waals surface area contributed by atoms with E-state index in [4.69, 9.17) is 9.47 Å². The smallest absolute Gasteiger partial charge is 0.312 e. The Kier molecular flexibility index (Phi) is 3.03. The van der Waals surface area contributed by atoms with Gasteiger partial charge in [0.2, 0.25) is 0 Å². The first-order valence-corrected chi connectivity index (χ1v) is 7.68. The molecule has 2 heterocycles. The van der Waals surface area contributed by atoms with Crippen LogP contribution in [0.15, 0.2) is 15.9 Å². The molecule has 1 aliphatic heterocycles. The molecular formula is C13H15BrO3S. The first-order valence-electron chi connectivity index (χ1n) is 6.07. The van der Waals surface area contributed by atoms with Gasteiger partial charge in [-0.05, 0) is 40.9 Å². The van der Waals surface area contributed by atoms with Crippen molar-refractivity contribution in [1.82, 2.24) is 0 Å². The maximum Gasteiger partial charge on any atom is 0.312 e. The van der Waals surface area contributed by atoms with Crippen LogP contribution in [0.4, 0.5) is 0 Å². The van der Waals surface area contributed by atoms with E-state index in [1.807, 2.05) is 6.07 Å². The number of halogens is 1. The molecule has 1 aromatic rings. The summed E-state index contributed by atoms with van der Waals surface area (Å²) in [6, 6.07) is 4.16. The summed E-state index contributed by atoms with van der Waals surface area (Å²) in [6.45, 7) is 1.27. The van der Waals surface area contributed by atoms with Crippen LogP contribution < -0.4 is 0 Å². The molecule has 0 spiro atoms. The molecule has 0 aromatic carbocycles. The highest BCUT2D eigenvalue weighted by molar-refractivity contribution is 9.11. The molecule has 98 valence electrons. The summed E-state index contributed by atoms with van der Waals surface area (Å²) in [4.78, 5) is 13.5. The molecule has 2 fully saturated rings. The standard InChI is InChI=1S/C13H15BrO3S/c1-16-11(15)12(5-2-6-12)13(7-17-8-13)9-3-4-10(14)18-9/h3-4H,2,5-8H2,1H3. The fourth-order valence-electron chi connectivity index (χ4n) is 3.14. The third-order valence-corrected chi connectivity index (χ3v) is 6.27. The monoisotopic (exact) mass is 330 g/mol. The molecule has 18 heavy (non-hydrogen) atoms. The normalized spacial score (nSPS) is 23.9. The highest BCUT2D eigenvalue weighted by Gasteiger charge is 2.65. The van der Waals surface area contributed by atoms with E-state index in [2.05, 4.69) is 22.0 Å². The van der Waals surface area contributed by atoms with Gasteiger partial charge in [-0.25, -0.2) is 0 Å². The van der Waals surface area contributed by atoms with Crippen molar-refractivity contribution in [2.75, 3.05) is 20.3 Å². The van der Waals surface area contributed by atoms with Crippen LogP contribution >= 0.6 is 27.3 Å². The minimum atomic E-state index is -0.357. The number of carbonyl (C=O) groups excluding carboxylic acids is 1. The van der Waals surface area contributed by atoms with Crippen molar-refractivity contribution in [2.45, 2.75) is 24.7 Å². The number of esters is 1. The Bertz CT molecular complexity index is 474. The average molecular weight is 331 g/mol. The highest BCUT2D eigenvalue weighted by Crippen LogP contribution is 2.60. The fraction of sp³-hybridized carbons (Fsp3) is 0.615. The zero-order valence-electron chi connectivity index (χ0n) is 10.2. The fourth-order valence-corrected chi connectivity index (χ4v) is 4.78. The molecule has 2 aliphatic rings. The number of methoxy groups -OCH3 is 1. The SMILES string of the molecule is COC(=O)C1(C2(c3ccc(Br)s3)COC2)CCC1. The van der Waals surface area contributed by atoms with E-state index in [0.717, 1.165) is 23.0 Å². The van der Waals surface area contributed by atoms with Crippen LogP contribution in [0.3, 0.4) is 0 Å². The zero-order valence-corrected chi connectivity index (χ0v) is 12.6. The summed E-state index contributed by atoms with van der Waals surface area (Å²) in [5.41, 5.74) is -0.515. The van der Waals surface area contributed by atoms with E-state index in [0.29, 0.717) is 13.2 Å². The number of hydrogen-bond donors (Lipinski definition) is 0. The van der Waals surface area contributed by atoms with E-state index in [1.54, 1.807) is 11.3 Å². The maximum atomic E-state index is 12.3. The Morgan fingerprint density at radius 3 is 2.50 bits per heavy atom. The van der Waals surface area contributed by atoms with Gasteiger partial charge in [-0.3, -0.25) is 4.79 Å². The Hall–Kier alpha value is -0.390. The molecule has 1 saturated heterocycles. The quantitative estimate of drug-likeness (QED) is 0.799. The van der Waals surface area contributed by atoms with Crippen LogP contribution in [0.1, 0.15) is 24.1 Å². The topological polar surface area (TPSA) is 35.5 Å². The Balaban J connectivity index is 2.03. The van der Waals surface area contributed by atoms with Crippen molar-refractivity contribution >= 4 is 33.2 Å². The Morgan fingerprint density at radius 2 is 2.17 bits per heavy atom. The van der Waals surface area contributed by atoms with Gasteiger partial charge in [-0.15, -0.1) is 11.3 Å². The zero-order chi connectivity index (χ0) is 12.8. The summed E-state index contributed by atoms with van der Waals surface area (Å²) in [5, 5.41) is 0. The molecular weight excluding hydrogens is 316 g/mol. The van der Waals surface area contributed by atoms with Gasteiger partial charge in [0.05, 0.1) is 34.9 Å². The van der Waals surface area contributed by atoms with Crippen molar-refractivity contribution in [2.24, 2.45) is 5.41 Å². The van der Waals surface area contributed by atoms with E-state index in [9.17, 15) is 4.79 Å². The summed E-state index contributed by atoms with van der Waals surface area (Å²) in [5.74, 6) is -0.0680. The van der Waals surface area contributed by atoms with Crippen molar-refractivity contribution in [1.29, 1.82) is 0 Å². The van der Waals surface area contributed by atoms with E-state index in [1.165, 1.54) is 12.0 Å². The number of thiophene rings is 1. The van der Waals surface area contributed by atoms with E-state index >= 15 is 0 Å². The van der Waals surface area contributed by atoms with Crippen molar-refractivity contribution in [3.05, 3.63) is 20.8 Å². The van der Waals surface area contributed by atoms with Crippen LogP contribution in [-0.2, 0) is 19.7 Å². The molecule has 5 heteroatoms. The van der Waals surface area contributed by atoms with Gasteiger partial charge >= 0.3 is 5.97 Å². The minimum Gasteiger partial charge on any atom is -0.469 e. The van der Waals surface area contributed by atoms with E-state index < -0.39 is 0 Å². The second-order valence-electron chi connectivity index (χ2n) is 5.11.